The van der Waals surface area contributed by atoms with Gasteiger partial charge in [-0.25, -0.2) is 0 Å². The Hall–Kier alpha value is -2.21. The fraction of sp³-hybridized carbons (Fsp3) is 0.438. The third kappa shape index (κ3) is 3.71. The number of carbonyl (C=O) groups excluding carboxylic acids is 2. The molecule has 1 amide bonds. The second-order valence-electron chi connectivity index (χ2n) is 5.62. The number of hydrogen-bond acceptors (Lipinski definition) is 4. The maximum atomic E-state index is 12.3. The molecule has 0 aliphatic carbocycles. The fourth-order valence-corrected chi connectivity index (χ4v) is 2.57. The van der Waals surface area contributed by atoms with Gasteiger partial charge in [0.25, 0.3) is 0 Å². The van der Waals surface area contributed by atoms with Crippen LogP contribution in [0.4, 0.5) is 5.69 Å². The molecule has 6 heteroatoms. The van der Waals surface area contributed by atoms with E-state index in [-0.39, 0.29) is 11.7 Å². The molecule has 0 radical (unpaired) electrons. The van der Waals surface area contributed by atoms with Gasteiger partial charge in [0, 0.05) is 17.8 Å². The van der Waals surface area contributed by atoms with Gasteiger partial charge in [0.1, 0.15) is 0 Å². The fourth-order valence-electron chi connectivity index (χ4n) is 2.57. The Morgan fingerprint density at radius 2 is 2.09 bits per heavy atom. The van der Waals surface area contributed by atoms with Gasteiger partial charge in [-0.05, 0) is 38.9 Å². The summed E-state index contributed by atoms with van der Waals surface area (Å²) in [7, 11) is 0. The van der Waals surface area contributed by atoms with E-state index in [1.165, 1.54) is 6.92 Å². The predicted octanol–water partition coefficient (Wildman–Crippen LogP) is 1.62. The number of aliphatic carboxylic acids is 1. The molecule has 1 aliphatic rings. The van der Waals surface area contributed by atoms with E-state index in [1.807, 2.05) is 4.90 Å². The summed E-state index contributed by atoms with van der Waals surface area (Å²) in [5, 5.41) is 11.8. The Morgan fingerprint density at radius 1 is 1.36 bits per heavy atom. The van der Waals surface area contributed by atoms with E-state index < -0.39 is 17.9 Å². The first-order chi connectivity index (χ1) is 10.4. The number of rotatable bonds is 5. The van der Waals surface area contributed by atoms with Crippen molar-refractivity contribution in [1.29, 1.82) is 0 Å². The molecule has 1 heterocycles. The van der Waals surface area contributed by atoms with Gasteiger partial charge in [-0.1, -0.05) is 12.1 Å². The van der Waals surface area contributed by atoms with Crippen LogP contribution in [0.3, 0.4) is 0 Å². The van der Waals surface area contributed by atoms with E-state index in [9.17, 15) is 14.4 Å². The zero-order chi connectivity index (χ0) is 16.3. The lowest BCUT2D eigenvalue weighted by Gasteiger charge is -2.23. The number of carbonyl (C=O) groups is 3. The molecule has 1 fully saturated rings. The molecule has 1 aromatic carbocycles. The van der Waals surface area contributed by atoms with Crippen LogP contribution in [0.1, 0.15) is 30.6 Å². The molecule has 1 aliphatic heterocycles. The maximum Gasteiger partial charge on any atom is 0.307 e. The number of anilines is 1. The number of nitrogens with one attached hydrogen (secondary N) is 1. The topological polar surface area (TPSA) is 86.7 Å². The molecule has 118 valence electrons. The summed E-state index contributed by atoms with van der Waals surface area (Å²) in [4.78, 5) is 36.5. The molecule has 2 atom stereocenters. The van der Waals surface area contributed by atoms with Gasteiger partial charge in [0.2, 0.25) is 5.91 Å². The van der Waals surface area contributed by atoms with Crippen LogP contribution in [-0.2, 0) is 9.59 Å². The van der Waals surface area contributed by atoms with E-state index in [0.717, 1.165) is 0 Å². The summed E-state index contributed by atoms with van der Waals surface area (Å²) in [6.45, 7) is 4.21. The number of benzene rings is 1. The van der Waals surface area contributed by atoms with Crippen molar-refractivity contribution in [3.63, 3.8) is 0 Å². The van der Waals surface area contributed by atoms with Gasteiger partial charge in [-0.15, -0.1) is 0 Å². The van der Waals surface area contributed by atoms with E-state index >= 15 is 0 Å². The van der Waals surface area contributed by atoms with Gasteiger partial charge in [0.05, 0.1) is 12.0 Å². The summed E-state index contributed by atoms with van der Waals surface area (Å²) in [5.74, 6) is -1.49. The minimum atomic E-state index is -0.815. The third-order valence-corrected chi connectivity index (χ3v) is 4.03. The maximum absolute atomic E-state index is 12.3. The Balaban J connectivity index is 1.99. The Kier molecular flexibility index (Phi) is 4.92. The Labute approximate surface area is 129 Å². The minimum absolute atomic E-state index is 0.0620. The molecular formula is C16H20N2O4. The van der Waals surface area contributed by atoms with Crippen molar-refractivity contribution in [2.45, 2.75) is 26.3 Å². The highest BCUT2D eigenvalue weighted by Gasteiger charge is 2.33. The van der Waals surface area contributed by atoms with Crippen LogP contribution in [0.5, 0.6) is 0 Å². The number of hydrogen-bond donors (Lipinski definition) is 2. The normalized spacial score (nSPS) is 19.6. The van der Waals surface area contributed by atoms with Crippen molar-refractivity contribution in [3.8, 4) is 0 Å². The molecule has 0 spiro atoms. The molecule has 2 rings (SSSR count). The van der Waals surface area contributed by atoms with Crippen molar-refractivity contribution in [2.24, 2.45) is 5.92 Å². The van der Waals surface area contributed by atoms with E-state index in [2.05, 4.69) is 5.32 Å². The largest absolute Gasteiger partial charge is 0.481 e. The summed E-state index contributed by atoms with van der Waals surface area (Å²) >= 11 is 0. The second-order valence-corrected chi connectivity index (χ2v) is 5.62. The van der Waals surface area contributed by atoms with Crippen LogP contribution in [0.25, 0.3) is 0 Å². The van der Waals surface area contributed by atoms with Crippen molar-refractivity contribution < 1.29 is 19.5 Å². The number of likely N-dealkylation sites (tertiary alicyclic amines) is 1. The first-order valence-corrected chi connectivity index (χ1v) is 7.27. The van der Waals surface area contributed by atoms with Crippen LogP contribution in [-0.4, -0.2) is 46.8 Å². The summed E-state index contributed by atoms with van der Waals surface area (Å²) in [6.07, 6.45) is 0.562. The van der Waals surface area contributed by atoms with Gasteiger partial charge >= 0.3 is 5.97 Å². The van der Waals surface area contributed by atoms with Gasteiger partial charge in [-0.2, -0.15) is 0 Å². The predicted molar refractivity (Wildman–Crippen MR) is 81.9 cm³/mol. The second kappa shape index (κ2) is 6.70. The van der Waals surface area contributed by atoms with Crippen LogP contribution >= 0.6 is 0 Å². The van der Waals surface area contributed by atoms with Gasteiger partial charge in [-0.3, -0.25) is 19.3 Å². The van der Waals surface area contributed by atoms with Crippen LogP contribution in [0, 0.1) is 5.92 Å². The number of carboxylic acid groups (broad SMARTS) is 1. The molecule has 6 nitrogen and oxygen atoms in total. The number of nitrogens with zero attached hydrogens (tertiary/aromatic N) is 1. The number of amides is 1. The van der Waals surface area contributed by atoms with Crippen molar-refractivity contribution in [3.05, 3.63) is 29.8 Å². The lowest BCUT2D eigenvalue weighted by Crippen LogP contribution is -2.41. The zero-order valence-corrected chi connectivity index (χ0v) is 12.7. The smallest absolute Gasteiger partial charge is 0.307 e. The van der Waals surface area contributed by atoms with Crippen LogP contribution < -0.4 is 5.32 Å². The lowest BCUT2D eigenvalue weighted by molar-refractivity contribution is -0.141. The van der Waals surface area contributed by atoms with Crippen molar-refractivity contribution in [2.75, 3.05) is 18.4 Å². The van der Waals surface area contributed by atoms with Crippen LogP contribution in [0.2, 0.25) is 0 Å². The lowest BCUT2D eigenvalue weighted by atomic mass is 10.1. The summed E-state index contributed by atoms with van der Waals surface area (Å²) in [5.41, 5.74) is 1.11. The molecule has 1 aromatic rings. The molecule has 1 saturated heterocycles. The van der Waals surface area contributed by atoms with E-state index in [0.29, 0.717) is 30.8 Å². The average molecular weight is 304 g/mol. The first-order valence-electron chi connectivity index (χ1n) is 7.27. The number of ketones is 1. The molecule has 2 unspecified atom stereocenters. The minimum Gasteiger partial charge on any atom is -0.481 e. The van der Waals surface area contributed by atoms with Crippen molar-refractivity contribution >= 4 is 23.3 Å². The van der Waals surface area contributed by atoms with E-state index in [1.54, 1.807) is 31.2 Å². The molecule has 2 N–H and O–H groups in total. The highest BCUT2D eigenvalue weighted by Crippen LogP contribution is 2.20. The molecule has 0 aromatic heterocycles. The van der Waals surface area contributed by atoms with E-state index in [4.69, 9.17) is 5.11 Å². The average Bonchev–Trinajstić information content (AvgIpc) is 2.96. The molecule has 0 saturated carbocycles. The summed E-state index contributed by atoms with van der Waals surface area (Å²) < 4.78 is 0. The van der Waals surface area contributed by atoms with Gasteiger partial charge < -0.3 is 10.4 Å². The highest BCUT2D eigenvalue weighted by molar-refractivity contribution is 5.98. The zero-order valence-electron chi connectivity index (χ0n) is 12.7. The Morgan fingerprint density at radius 3 is 2.68 bits per heavy atom. The number of Topliss-reactive ketones (excluding diaryl/α,β-unsaturated/α-hetero) is 1. The van der Waals surface area contributed by atoms with Crippen molar-refractivity contribution in [1.82, 2.24) is 4.90 Å². The SMILES string of the molecule is CC(=O)c1cccc(NC(=O)C(C)N2CCC(C(=O)O)C2)c1. The standard InChI is InChI=1S/C16H20N2O4/c1-10(18-7-6-13(9-18)16(21)22)15(20)17-14-5-3-4-12(8-14)11(2)19/h3-5,8,10,13H,6-7,9H2,1-2H3,(H,17,20)(H,21,22). The monoisotopic (exact) mass is 304 g/mol. The molecular weight excluding hydrogens is 284 g/mol. The Bertz CT molecular complexity index is 600. The quantitative estimate of drug-likeness (QED) is 0.807. The van der Waals surface area contributed by atoms with Gasteiger partial charge in [0.15, 0.2) is 5.78 Å². The third-order valence-electron chi connectivity index (χ3n) is 4.03. The first kappa shape index (κ1) is 16.2. The van der Waals surface area contributed by atoms with Crippen LogP contribution in [0.15, 0.2) is 24.3 Å². The highest BCUT2D eigenvalue weighted by atomic mass is 16.4. The molecule has 0 bridgehead atoms. The number of carboxylic acids is 1. The summed E-state index contributed by atoms with van der Waals surface area (Å²) in [6, 6.07) is 6.36. The molecule has 22 heavy (non-hydrogen) atoms.